The number of hydrogen-bond acceptors (Lipinski definition) is 4. The van der Waals surface area contributed by atoms with Gasteiger partial charge in [-0.2, -0.15) is 5.26 Å². The van der Waals surface area contributed by atoms with Crippen molar-refractivity contribution in [3.05, 3.63) is 29.3 Å². The molecule has 0 heterocycles. The summed E-state index contributed by atoms with van der Waals surface area (Å²) in [5.74, 6) is 0.795. The lowest BCUT2D eigenvalue weighted by atomic mass is 9.74. The molecule has 4 nitrogen and oxygen atoms in total. The van der Waals surface area contributed by atoms with Crippen molar-refractivity contribution in [2.75, 3.05) is 20.3 Å². The van der Waals surface area contributed by atoms with E-state index in [1.165, 1.54) is 19.3 Å². The fourth-order valence-corrected chi connectivity index (χ4v) is 3.14. The van der Waals surface area contributed by atoms with Crippen LogP contribution in [0.4, 0.5) is 0 Å². The molecule has 0 radical (unpaired) electrons. The van der Waals surface area contributed by atoms with E-state index in [0.29, 0.717) is 12.1 Å². The van der Waals surface area contributed by atoms with Crippen molar-refractivity contribution in [2.24, 2.45) is 5.41 Å². The minimum Gasteiger partial charge on any atom is -0.496 e. The van der Waals surface area contributed by atoms with Gasteiger partial charge in [0.2, 0.25) is 0 Å². The number of aliphatic hydroxyl groups is 1. The van der Waals surface area contributed by atoms with E-state index in [4.69, 9.17) is 10.00 Å². The Kier molecular flexibility index (Phi) is 5.60. The van der Waals surface area contributed by atoms with E-state index in [-0.39, 0.29) is 12.0 Å². The normalized spacial score (nSPS) is 17.2. The maximum absolute atomic E-state index is 9.71. The molecule has 1 aromatic carbocycles. The van der Waals surface area contributed by atoms with Crippen molar-refractivity contribution in [3.8, 4) is 11.8 Å². The van der Waals surface area contributed by atoms with Crippen molar-refractivity contribution < 1.29 is 9.84 Å². The van der Waals surface area contributed by atoms with Crippen LogP contribution in [0.25, 0.3) is 0 Å². The second-order valence-corrected chi connectivity index (χ2v) is 5.96. The number of nitrogens with zero attached hydrogens (tertiary/aromatic N) is 1. The second-order valence-electron chi connectivity index (χ2n) is 5.96. The first-order chi connectivity index (χ1) is 10.2. The van der Waals surface area contributed by atoms with Gasteiger partial charge in [-0.1, -0.05) is 19.3 Å². The summed E-state index contributed by atoms with van der Waals surface area (Å²) in [5.41, 5.74) is 1.65. The zero-order valence-corrected chi connectivity index (χ0v) is 12.7. The Labute approximate surface area is 126 Å². The third-order valence-corrected chi connectivity index (χ3v) is 4.47. The summed E-state index contributed by atoms with van der Waals surface area (Å²) in [6.07, 6.45) is 5.86. The van der Waals surface area contributed by atoms with Gasteiger partial charge in [-0.05, 0) is 31.0 Å². The molecule has 114 valence electrons. The SMILES string of the molecule is COc1ccc(C#N)cc1CNCC1(CO)CCCCC1. The number of benzene rings is 1. The number of hydrogen-bond donors (Lipinski definition) is 2. The second kappa shape index (κ2) is 7.44. The number of nitrogens with one attached hydrogen (secondary N) is 1. The number of methoxy groups -OCH3 is 1. The van der Waals surface area contributed by atoms with Crippen molar-refractivity contribution in [2.45, 2.75) is 38.6 Å². The van der Waals surface area contributed by atoms with Crippen molar-refractivity contribution >= 4 is 0 Å². The smallest absolute Gasteiger partial charge is 0.123 e. The fourth-order valence-electron chi connectivity index (χ4n) is 3.14. The van der Waals surface area contributed by atoms with Crippen LogP contribution < -0.4 is 10.1 Å². The van der Waals surface area contributed by atoms with Crippen LogP contribution in [0.5, 0.6) is 5.75 Å². The molecule has 0 aromatic heterocycles. The Hall–Kier alpha value is -1.57. The molecule has 1 aliphatic carbocycles. The maximum atomic E-state index is 9.71. The van der Waals surface area contributed by atoms with Gasteiger partial charge in [0.1, 0.15) is 5.75 Å². The fraction of sp³-hybridized carbons (Fsp3) is 0.588. The molecule has 0 spiro atoms. The molecule has 0 atom stereocenters. The predicted octanol–water partition coefficient (Wildman–Crippen LogP) is 2.60. The van der Waals surface area contributed by atoms with Crippen LogP contribution in [-0.4, -0.2) is 25.4 Å². The van der Waals surface area contributed by atoms with E-state index in [1.807, 2.05) is 12.1 Å². The third kappa shape index (κ3) is 3.96. The lowest BCUT2D eigenvalue weighted by molar-refractivity contribution is 0.0810. The van der Waals surface area contributed by atoms with Gasteiger partial charge in [0.25, 0.3) is 0 Å². The minimum absolute atomic E-state index is 0.0261. The average molecular weight is 288 g/mol. The lowest BCUT2D eigenvalue weighted by Gasteiger charge is -2.35. The average Bonchev–Trinajstić information content (AvgIpc) is 2.55. The topological polar surface area (TPSA) is 65.3 Å². The Morgan fingerprint density at radius 1 is 1.33 bits per heavy atom. The molecule has 0 saturated heterocycles. The van der Waals surface area contributed by atoms with E-state index < -0.39 is 0 Å². The molecule has 0 aliphatic heterocycles. The maximum Gasteiger partial charge on any atom is 0.123 e. The molecule has 1 saturated carbocycles. The molecule has 4 heteroatoms. The number of ether oxygens (including phenoxy) is 1. The van der Waals surface area contributed by atoms with E-state index in [0.717, 1.165) is 30.7 Å². The van der Waals surface area contributed by atoms with Gasteiger partial charge >= 0.3 is 0 Å². The first-order valence-electron chi connectivity index (χ1n) is 7.62. The first-order valence-corrected chi connectivity index (χ1v) is 7.62. The Morgan fingerprint density at radius 2 is 2.10 bits per heavy atom. The van der Waals surface area contributed by atoms with Crippen molar-refractivity contribution in [1.82, 2.24) is 5.32 Å². The van der Waals surface area contributed by atoms with E-state index in [9.17, 15) is 5.11 Å². The highest BCUT2D eigenvalue weighted by molar-refractivity contribution is 5.41. The standard InChI is InChI=1S/C17H24N2O2/c1-21-16-6-5-14(10-18)9-15(16)11-19-12-17(13-20)7-3-2-4-8-17/h5-6,9,19-20H,2-4,7-8,11-13H2,1H3. The molecule has 1 aliphatic rings. The summed E-state index contributed by atoms with van der Waals surface area (Å²) in [5, 5.41) is 22.1. The van der Waals surface area contributed by atoms with E-state index in [2.05, 4.69) is 11.4 Å². The van der Waals surface area contributed by atoms with Crippen LogP contribution in [0, 0.1) is 16.7 Å². The monoisotopic (exact) mass is 288 g/mol. The van der Waals surface area contributed by atoms with Crippen molar-refractivity contribution in [3.63, 3.8) is 0 Å². The predicted molar refractivity (Wildman–Crippen MR) is 82.0 cm³/mol. The van der Waals surface area contributed by atoms with Crippen LogP contribution in [0.15, 0.2) is 18.2 Å². The lowest BCUT2D eigenvalue weighted by Crippen LogP contribution is -2.38. The highest BCUT2D eigenvalue weighted by Crippen LogP contribution is 2.35. The highest BCUT2D eigenvalue weighted by Gasteiger charge is 2.30. The Bertz CT molecular complexity index is 502. The summed E-state index contributed by atoms with van der Waals surface area (Å²) in [6.45, 7) is 1.71. The van der Waals surface area contributed by atoms with Crippen LogP contribution in [0.1, 0.15) is 43.2 Å². The largest absolute Gasteiger partial charge is 0.496 e. The van der Waals surface area contributed by atoms with Crippen LogP contribution >= 0.6 is 0 Å². The molecule has 1 aromatic rings. The summed E-state index contributed by atoms with van der Waals surface area (Å²) in [7, 11) is 1.64. The van der Waals surface area contributed by atoms with E-state index in [1.54, 1.807) is 13.2 Å². The zero-order valence-electron chi connectivity index (χ0n) is 12.7. The molecule has 21 heavy (non-hydrogen) atoms. The molecular formula is C17H24N2O2. The molecule has 0 bridgehead atoms. The summed E-state index contributed by atoms with van der Waals surface area (Å²) in [6, 6.07) is 7.61. The molecular weight excluding hydrogens is 264 g/mol. The van der Waals surface area contributed by atoms with Gasteiger partial charge in [-0.25, -0.2) is 0 Å². The van der Waals surface area contributed by atoms with Crippen LogP contribution in [0.3, 0.4) is 0 Å². The number of rotatable bonds is 6. The minimum atomic E-state index is 0.0261. The van der Waals surface area contributed by atoms with Gasteiger partial charge in [-0.15, -0.1) is 0 Å². The van der Waals surface area contributed by atoms with Crippen molar-refractivity contribution in [1.29, 1.82) is 5.26 Å². The van der Waals surface area contributed by atoms with Crippen LogP contribution in [-0.2, 0) is 6.54 Å². The Morgan fingerprint density at radius 3 is 2.71 bits per heavy atom. The first kappa shape index (κ1) is 15.8. The van der Waals surface area contributed by atoms with Gasteiger partial charge in [0, 0.05) is 30.7 Å². The zero-order chi connectivity index (χ0) is 15.1. The summed E-state index contributed by atoms with van der Waals surface area (Å²) >= 11 is 0. The quantitative estimate of drug-likeness (QED) is 0.844. The molecule has 2 N–H and O–H groups in total. The number of aliphatic hydroxyl groups excluding tert-OH is 1. The Balaban J connectivity index is 1.97. The van der Waals surface area contributed by atoms with E-state index >= 15 is 0 Å². The molecule has 0 unspecified atom stereocenters. The van der Waals surface area contributed by atoms with Gasteiger partial charge in [0.05, 0.1) is 18.7 Å². The van der Waals surface area contributed by atoms with Gasteiger partial charge in [0.15, 0.2) is 0 Å². The summed E-state index contributed by atoms with van der Waals surface area (Å²) < 4.78 is 5.34. The molecule has 1 fully saturated rings. The van der Waals surface area contributed by atoms with Gasteiger partial charge < -0.3 is 15.2 Å². The third-order valence-electron chi connectivity index (χ3n) is 4.47. The van der Waals surface area contributed by atoms with Crippen LogP contribution in [0.2, 0.25) is 0 Å². The van der Waals surface area contributed by atoms with Gasteiger partial charge in [-0.3, -0.25) is 0 Å². The molecule has 2 rings (SSSR count). The highest BCUT2D eigenvalue weighted by atomic mass is 16.5. The summed E-state index contributed by atoms with van der Waals surface area (Å²) in [4.78, 5) is 0. The molecule has 0 amide bonds. The number of nitriles is 1.